The van der Waals surface area contributed by atoms with E-state index >= 15 is 0 Å². The Kier molecular flexibility index (Phi) is 5.51. The van der Waals surface area contributed by atoms with Crippen molar-refractivity contribution >= 4 is 33.0 Å². The Morgan fingerprint density at radius 1 is 1.04 bits per heavy atom. The van der Waals surface area contributed by atoms with Gasteiger partial charge < -0.3 is 5.32 Å². The molecule has 3 rings (SSSR count). The van der Waals surface area contributed by atoms with Gasteiger partial charge in [-0.1, -0.05) is 19.1 Å². The lowest BCUT2D eigenvalue weighted by Crippen LogP contribution is -2.23. The Bertz CT molecular complexity index is 996. The van der Waals surface area contributed by atoms with Crippen molar-refractivity contribution in [2.24, 2.45) is 0 Å². The van der Waals surface area contributed by atoms with Crippen LogP contribution < -0.4 is 10.0 Å². The van der Waals surface area contributed by atoms with Crippen molar-refractivity contribution in [2.75, 3.05) is 11.9 Å². The van der Waals surface area contributed by atoms with Crippen molar-refractivity contribution in [1.29, 1.82) is 0 Å². The fourth-order valence-corrected chi connectivity index (χ4v) is 4.17. The van der Waals surface area contributed by atoms with Crippen LogP contribution in [0.3, 0.4) is 0 Å². The SMILES string of the molecule is CCNS(=O)(=O)c1ccc(C(=O)Nc2cccc(-c3ccsc3)c2)cc1. The Morgan fingerprint density at radius 3 is 2.46 bits per heavy atom. The molecular weight excluding hydrogens is 368 g/mol. The van der Waals surface area contributed by atoms with Crippen molar-refractivity contribution in [2.45, 2.75) is 11.8 Å². The second-order valence-corrected chi connectivity index (χ2v) is 8.12. The van der Waals surface area contributed by atoms with E-state index in [1.807, 2.05) is 41.1 Å². The van der Waals surface area contributed by atoms with Crippen LogP contribution in [0.4, 0.5) is 5.69 Å². The van der Waals surface area contributed by atoms with Gasteiger partial charge in [-0.05, 0) is 64.4 Å². The molecule has 5 nitrogen and oxygen atoms in total. The van der Waals surface area contributed by atoms with Gasteiger partial charge in [-0.25, -0.2) is 13.1 Å². The number of hydrogen-bond acceptors (Lipinski definition) is 4. The predicted octanol–water partition coefficient (Wildman–Crippen LogP) is 3.97. The number of anilines is 1. The summed E-state index contributed by atoms with van der Waals surface area (Å²) in [6, 6.07) is 15.5. The third kappa shape index (κ3) is 4.19. The van der Waals surface area contributed by atoms with Gasteiger partial charge in [0.25, 0.3) is 5.91 Å². The minimum atomic E-state index is -3.52. The molecule has 1 heterocycles. The van der Waals surface area contributed by atoms with Crippen molar-refractivity contribution in [1.82, 2.24) is 4.72 Å². The van der Waals surface area contributed by atoms with Crippen molar-refractivity contribution in [3.63, 3.8) is 0 Å². The quantitative estimate of drug-likeness (QED) is 0.673. The molecule has 0 aliphatic rings. The molecule has 0 bridgehead atoms. The molecular formula is C19H18N2O3S2. The van der Waals surface area contributed by atoms with Crippen LogP contribution in [0.5, 0.6) is 0 Å². The van der Waals surface area contributed by atoms with Gasteiger partial charge in [-0.2, -0.15) is 11.3 Å². The topological polar surface area (TPSA) is 75.3 Å². The highest BCUT2D eigenvalue weighted by Gasteiger charge is 2.14. The molecule has 0 unspecified atom stereocenters. The van der Waals surface area contributed by atoms with Crippen molar-refractivity contribution in [3.05, 3.63) is 70.9 Å². The third-order valence-corrected chi connectivity index (χ3v) is 5.98. The largest absolute Gasteiger partial charge is 0.322 e. The average Bonchev–Trinajstić information content (AvgIpc) is 3.17. The summed E-state index contributed by atoms with van der Waals surface area (Å²) < 4.78 is 26.3. The van der Waals surface area contributed by atoms with E-state index in [9.17, 15) is 13.2 Å². The van der Waals surface area contributed by atoms with Crippen LogP contribution >= 0.6 is 11.3 Å². The summed E-state index contributed by atoms with van der Waals surface area (Å²) in [5.74, 6) is -0.292. The lowest BCUT2D eigenvalue weighted by molar-refractivity contribution is 0.102. The first-order chi connectivity index (χ1) is 12.5. The van der Waals surface area contributed by atoms with Gasteiger partial charge >= 0.3 is 0 Å². The van der Waals surface area contributed by atoms with Gasteiger partial charge in [0.2, 0.25) is 10.0 Å². The molecule has 3 aromatic rings. The molecule has 7 heteroatoms. The Morgan fingerprint density at radius 2 is 1.81 bits per heavy atom. The predicted molar refractivity (Wildman–Crippen MR) is 105 cm³/mol. The van der Waals surface area contributed by atoms with E-state index in [2.05, 4.69) is 10.0 Å². The van der Waals surface area contributed by atoms with Crippen molar-refractivity contribution in [3.8, 4) is 11.1 Å². The fourth-order valence-electron chi connectivity index (χ4n) is 2.47. The summed E-state index contributed by atoms with van der Waals surface area (Å²) in [6.07, 6.45) is 0. The van der Waals surface area contributed by atoms with Crippen LogP contribution in [-0.4, -0.2) is 20.9 Å². The van der Waals surface area contributed by atoms with E-state index in [4.69, 9.17) is 0 Å². The number of thiophene rings is 1. The summed E-state index contributed by atoms with van der Waals surface area (Å²) in [4.78, 5) is 12.6. The lowest BCUT2D eigenvalue weighted by atomic mass is 10.1. The Balaban J connectivity index is 1.75. The number of benzene rings is 2. The maximum absolute atomic E-state index is 12.4. The molecule has 2 N–H and O–H groups in total. The van der Waals surface area contributed by atoms with E-state index in [1.54, 1.807) is 18.3 Å². The molecule has 0 aliphatic carbocycles. The van der Waals surface area contributed by atoms with Gasteiger partial charge in [0.15, 0.2) is 0 Å². The van der Waals surface area contributed by atoms with Gasteiger partial charge in [0.1, 0.15) is 0 Å². The average molecular weight is 386 g/mol. The summed E-state index contributed by atoms with van der Waals surface area (Å²) in [5, 5.41) is 6.89. The monoisotopic (exact) mass is 386 g/mol. The van der Waals surface area contributed by atoms with Crippen LogP contribution in [0.15, 0.2) is 70.3 Å². The highest BCUT2D eigenvalue weighted by atomic mass is 32.2. The van der Waals surface area contributed by atoms with Crippen LogP contribution in [0.1, 0.15) is 17.3 Å². The molecule has 26 heavy (non-hydrogen) atoms. The summed E-state index contributed by atoms with van der Waals surface area (Å²) in [6.45, 7) is 2.02. The lowest BCUT2D eigenvalue weighted by Gasteiger charge is -2.08. The number of carbonyl (C=O) groups is 1. The summed E-state index contributed by atoms with van der Waals surface area (Å²) in [7, 11) is -3.52. The van der Waals surface area contributed by atoms with Gasteiger partial charge in [-0.3, -0.25) is 4.79 Å². The standard InChI is InChI=1S/C19H18N2O3S2/c1-2-20-26(23,24)18-8-6-14(7-9-18)19(22)21-17-5-3-4-15(12-17)16-10-11-25-13-16/h3-13,20H,2H2,1H3,(H,21,22). The highest BCUT2D eigenvalue weighted by molar-refractivity contribution is 7.89. The zero-order chi connectivity index (χ0) is 18.6. The highest BCUT2D eigenvalue weighted by Crippen LogP contribution is 2.25. The molecule has 0 saturated heterocycles. The smallest absolute Gasteiger partial charge is 0.255 e. The van der Waals surface area contributed by atoms with Gasteiger partial charge in [0, 0.05) is 17.8 Å². The minimum Gasteiger partial charge on any atom is -0.322 e. The van der Waals surface area contributed by atoms with Crippen LogP contribution in [0.2, 0.25) is 0 Å². The Hall–Kier alpha value is -2.48. The van der Waals surface area contributed by atoms with Crippen LogP contribution in [0.25, 0.3) is 11.1 Å². The Labute approximate surface area is 156 Å². The van der Waals surface area contributed by atoms with Crippen LogP contribution in [0, 0.1) is 0 Å². The molecule has 0 fully saturated rings. The normalized spacial score (nSPS) is 11.3. The van der Waals surface area contributed by atoms with E-state index in [-0.39, 0.29) is 10.8 Å². The maximum Gasteiger partial charge on any atom is 0.255 e. The number of nitrogens with one attached hydrogen (secondary N) is 2. The maximum atomic E-state index is 12.4. The van der Waals surface area contributed by atoms with Crippen molar-refractivity contribution < 1.29 is 13.2 Å². The molecule has 134 valence electrons. The molecule has 0 radical (unpaired) electrons. The van der Waals surface area contributed by atoms with Crippen LogP contribution in [-0.2, 0) is 10.0 Å². The first-order valence-corrected chi connectivity index (χ1v) is 10.5. The van der Waals surface area contributed by atoms with Gasteiger partial charge in [0.05, 0.1) is 4.90 Å². The molecule has 0 saturated carbocycles. The first-order valence-electron chi connectivity index (χ1n) is 8.03. The fraction of sp³-hybridized carbons (Fsp3) is 0.105. The second kappa shape index (κ2) is 7.82. The number of amides is 1. The van der Waals surface area contributed by atoms with E-state index < -0.39 is 10.0 Å². The molecule has 0 aliphatic heterocycles. The summed E-state index contributed by atoms with van der Waals surface area (Å²) in [5.41, 5.74) is 3.20. The molecule has 2 aromatic carbocycles. The molecule has 1 aromatic heterocycles. The molecule has 0 atom stereocenters. The van der Waals surface area contributed by atoms with E-state index in [1.165, 1.54) is 24.3 Å². The molecule has 0 spiro atoms. The zero-order valence-electron chi connectivity index (χ0n) is 14.1. The van der Waals surface area contributed by atoms with E-state index in [0.717, 1.165) is 11.1 Å². The first kappa shape index (κ1) is 18.3. The third-order valence-electron chi connectivity index (χ3n) is 3.74. The zero-order valence-corrected chi connectivity index (χ0v) is 15.7. The number of hydrogen-bond donors (Lipinski definition) is 2. The second-order valence-electron chi connectivity index (χ2n) is 5.57. The molecule has 1 amide bonds. The number of carbonyl (C=O) groups excluding carboxylic acids is 1. The summed E-state index contributed by atoms with van der Waals surface area (Å²) >= 11 is 1.62. The minimum absolute atomic E-state index is 0.135. The van der Waals surface area contributed by atoms with E-state index in [0.29, 0.717) is 17.8 Å². The van der Waals surface area contributed by atoms with Gasteiger partial charge in [-0.15, -0.1) is 0 Å². The number of rotatable bonds is 6. The number of sulfonamides is 1.